The average Bonchev–Trinajstić information content (AvgIpc) is 2.84. The zero-order valence-corrected chi connectivity index (χ0v) is 14.7. The van der Waals surface area contributed by atoms with E-state index in [0.29, 0.717) is 25.9 Å². The van der Waals surface area contributed by atoms with Crippen molar-refractivity contribution in [2.45, 2.75) is 45.1 Å². The third-order valence-corrected chi connectivity index (χ3v) is 4.67. The third kappa shape index (κ3) is 5.89. The predicted octanol–water partition coefficient (Wildman–Crippen LogP) is 1.93. The lowest BCUT2D eigenvalue weighted by molar-refractivity contribution is -0.145. The van der Waals surface area contributed by atoms with Crippen molar-refractivity contribution >= 4 is 17.8 Å². The average molecular weight is 346 g/mol. The Labute approximate surface area is 148 Å². The number of hydrogen-bond donors (Lipinski definition) is 1. The molecule has 0 spiro atoms. The van der Waals surface area contributed by atoms with Gasteiger partial charge in [-0.25, -0.2) is 0 Å². The highest BCUT2D eigenvalue weighted by Gasteiger charge is 2.27. The fraction of sp³-hybridized carbons (Fsp3) is 0.526. The molecule has 2 rings (SSSR count). The Morgan fingerprint density at radius 2 is 1.88 bits per heavy atom. The number of carbonyl (C=O) groups is 3. The molecule has 0 aromatic heterocycles. The van der Waals surface area contributed by atoms with Gasteiger partial charge in [-0.1, -0.05) is 30.3 Å². The molecule has 2 amide bonds. The molecule has 25 heavy (non-hydrogen) atoms. The van der Waals surface area contributed by atoms with Crippen molar-refractivity contribution in [3.8, 4) is 0 Å². The number of carbonyl (C=O) groups excluding carboxylic acids is 2. The molecule has 6 heteroatoms. The minimum Gasteiger partial charge on any atom is -0.480 e. The van der Waals surface area contributed by atoms with Crippen molar-refractivity contribution in [3.63, 3.8) is 0 Å². The Bertz CT molecular complexity index is 603. The van der Waals surface area contributed by atoms with E-state index < -0.39 is 5.97 Å². The number of carboxylic acid groups (broad SMARTS) is 1. The molecule has 1 heterocycles. The Balaban J connectivity index is 1.88. The van der Waals surface area contributed by atoms with E-state index >= 15 is 0 Å². The molecular formula is C19H26N2O4. The van der Waals surface area contributed by atoms with Crippen LogP contribution in [0.4, 0.5) is 0 Å². The maximum absolute atomic E-state index is 12.5. The maximum Gasteiger partial charge on any atom is 0.323 e. The van der Waals surface area contributed by atoms with Gasteiger partial charge in [0.2, 0.25) is 11.8 Å². The van der Waals surface area contributed by atoms with Gasteiger partial charge in [-0.2, -0.15) is 0 Å². The van der Waals surface area contributed by atoms with Gasteiger partial charge in [-0.15, -0.1) is 0 Å². The lowest BCUT2D eigenvalue weighted by atomic mass is 10.1. The number of amides is 2. The van der Waals surface area contributed by atoms with E-state index in [-0.39, 0.29) is 24.4 Å². The van der Waals surface area contributed by atoms with E-state index in [0.717, 1.165) is 24.8 Å². The second-order valence-corrected chi connectivity index (χ2v) is 6.49. The van der Waals surface area contributed by atoms with E-state index in [2.05, 4.69) is 0 Å². The summed E-state index contributed by atoms with van der Waals surface area (Å²) in [6.45, 7) is 2.36. The van der Waals surface area contributed by atoms with Crippen molar-refractivity contribution in [2.24, 2.45) is 0 Å². The van der Waals surface area contributed by atoms with Crippen LogP contribution in [0.25, 0.3) is 0 Å². The molecule has 1 aliphatic heterocycles. The third-order valence-electron chi connectivity index (χ3n) is 4.67. The Morgan fingerprint density at radius 1 is 1.16 bits per heavy atom. The lowest BCUT2D eigenvalue weighted by Gasteiger charge is -2.28. The number of hydrogen-bond acceptors (Lipinski definition) is 3. The molecule has 136 valence electrons. The molecule has 0 radical (unpaired) electrons. The first-order valence-electron chi connectivity index (χ1n) is 8.78. The van der Waals surface area contributed by atoms with E-state index in [1.54, 1.807) is 0 Å². The topological polar surface area (TPSA) is 77.9 Å². The largest absolute Gasteiger partial charge is 0.480 e. The van der Waals surface area contributed by atoms with E-state index in [9.17, 15) is 14.4 Å². The Hall–Kier alpha value is -2.37. The van der Waals surface area contributed by atoms with E-state index in [4.69, 9.17) is 5.11 Å². The normalized spacial score (nSPS) is 17.6. The SMILES string of the molecule is CC(=O)N(CC(=O)O)C1CCCN(C(=O)CCc2ccccc2)CC1. The van der Waals surface area contributed by atoms with Crippen LogP contribution in [0, 0.1) is 0 Å². The van der Waals surface area contributed by atoms with Gasteiger partial charge in [0.05, 0.1) is 0 Å². The molecule has 0 bridgehead atoms. The zero-order chi connectivity index (χ0) is 18.2. The van der Waals surface area contributed by atoms with Crippen LogP contribution < -0.4 is 0 Å². The van der Waals surface area contributed by atoms with E-state index in [1.165, 1.54) is 11.8 Å². The van der Waals surface area contributed by atoms with Gasteiger partial charge >= 0.3 is 5.97 Å². The Morgan fingerprint density at radius 3 is 2.52 bits per heavy atom. The van der Waals surface area contributed by atoms with Crippen molar-refractivity contribution in [1.82, 2.24) is 9.80 Å². The van der Waals surface area contributed by atoms with Gasteiger partial charge in [0.25, 0.3) is 0 Å². The minimum absolute atomic E-state index is 0.111. The molecule has 1 unspecified atom stereocenters. The summed E-state index contributed by atoms with van der Waals surface area (Å²) in [7, 11) is 0. The van der Waals surface area contributed by atoms with Crippen LogP contribution in [-0.2, 0) is 20.8 Å². The monoisotopic (exact) mass is 346 g/mol. The molecule has 1 atom stereocenters. The van der Waals surface area contributed by atoms with Gasteiger partial charge in [-0.3, -0.25) is 14.4 Å². The fourth-order valence-electron chi connectivity index (χ4n) is 3.34. The predicted molar refractivity (Wildman–Crippen MR) is 94.0 cm³/mol. The second-order valence-electron chi connectivity index (χ2n) is 6.49. The maximum atomic E-state index is 12.5. The molecule has 1 aliphatic rings. The fourth-order valence-corrected chi connectivity index (χ4v) is 3.34. The van der Waals surface area contributed by atoms with E-state index in [1.807, 2.05) is 35.2 Å². The summed E-state index contributed by atoms with van der Waals surface area (Å²) in [6, 6.07) is 9.81. The number of likely N-dealkylation sites (tertiary alicyclic amines) is 1. The van der Waals surface area contributed by atoms with Crippen molar-refractivity contribution < 1.29 is 19.5 Å². The minimum atomic E-state index is -1.00. The number of rotatable bonds is 6. The molecule has 1 saturated heterocycles. The van der Waals surface area contributed by atoms with Gasteiger partial charge < -0.3 is 14.9 Å². The first-order chi connectivity index (χ1) is 12.0. The number of aliphatic carboxylic acids is 1. The highest BCUT2D eigenvalue weighted by atomic mass is 16.4. The highest BCUT2D eigenvalue weighted by Crippen LogP contribution is 2.18. The molecule has 1 fully saturated rings. The van der Waals surface area contributed by atoms with Crippen LogP contribution >= 0.6 is 0 Å². The first-order valence-corrected chi connectivity index (χ1v) is 8.78. The van der Waals surface area contributed by atoms with Crippen LogP contribution in [0.5, 0.6) is 0 Å². The molecule has 1 N–H and O–H groups in total. The quantitative estimate of drug-likeness (QED) is 0.854. The van der Waals surface area contributed by atoms with Crippen molar-refractivity contribution in [1.29, 1.82) is 0 Å². The van der Waals surface area contributed by atoms with Crippen LogP contribution in [0.1, 0.15) is 38.2 Å². The summed E-state index contributed by atoms with van der Waals surface area (Å²) < 4.78 is 0. The number of nitrogens with zero attached hydrogens (tertiary/aromatic N) is 2. The number of aryl methyl sites for hydroxylation is 1. The molecule has 1 aromatic rings. The van der Waals surface area contributed by atoms with Crippen LogP contribution in [0.2, 0.25) is 0 Å². The summed E-state index contributed by atoms with van der Waals surface area (Å²) in [4.78, 5) is 38.5. The summed E-state index contributed by atoms with van der Waals surface area (Å²) in [5.74, 6) is -1.11. The van der Waals surface area contributed by atoms with Crippen LogP contribution in [-0.4, -0.2) is 58.4 Å². The first kappa shape index (κ1) is 19.0. The smallest absolute Gasteiger partial charge is 0.323 e. The Kier molecular flexibility index (Phi) is 6.98. The number of benzene rings is 1. The van der Waals surface area contributed by atoms with Gasteiger partial charge in [-0.05, 0) is 31.2 Å². The molecule has 0 saturated carbocycles. The zero-order valence-electron chi connectivity index (χ0n) is 14.7. The van der Waals surface area contributed by atoms with Gasteiger partial charge in [0.15, 0.2) is 0 Å². The van der Waals surface area contributed by atoms with Gasteiger partial charge in [0.1, 0.15) is 6.54 Å². The second kappa shape index (κ2) is 9.20. The standard InChI is InChI=1S/C19H26N2O4/c1-15(22)21(14-19(24)25)17-8-5-12-20(13-11-17)18(23)10-9-16-6-3-2-4-7-16/h2-4,6-7,17H,5,8-14H2,1H3,(H,24,25). The molecule has 0 aliphatic carbocycles. The summed E-state index contributed by atoms with van der Waals surface area (Å²) in [5.41, 5.74) is 1.15. The highest BCUT2D eigenvalue weighted by molar-refractivity contribution is 5.80. The summed E-state index contributed by atoms with van der Waals surface area (Å²) >= 11 is 0. The summed E-state index contributed by atoms with van der Waals surface area (Å²) in [5, 5.41) is 8.99. The van der Waals surface area contributed by atoms with Crippen LogP contribution in [0.15, 0.2) is 30.3 Å². The van der Waals surface area contributed by atoms with Crippen molar-refractivity contribution in [3.05, 3.63) is 35.9 Å². The molecular weight excluding hydrogens is 320 g/mol. The molecule has 6 nitrogen and oxygen atoms in total. The van der Waals surface area contributed by atoms with Crippen LogP contribution in [0.3, 0.4) is 0 Å². The lowest BCUT2D eigenvalue weighted by Crippen LogP contribution is -2.43. The van der Waals surface area contributed by atoms with Crippen molar-refractivity contribution in [2.75, 3.05) is 19.6 Å². The number of carboxylic acids is 1. The molecule has 1 aromatic carbocycles. The van der Waals surface area contributed by atoms with Gasteiger partial charge in [0, 0.05) is 32.5 Å². The summed E-state index contributed by atoms with van der Waals surface area (Å²) in [6.07, 6.45) is 3.34.